The van der Waals surface area contributed by atoms with Gasteiger partial charge in [0.05, 0.1) is 11.7 Å². The molecular weight excluding hydrogens is 470 g/mol. The van der Waals surface area contributed by atoms with Crippen LogP contribution in [0.15, 0.2) is 30.3 Å². The maximum absolute atomic E-state index is 13.0. The lowest BCUT2D eigenvalue weighted by atomic mass is 10.1. The number of carboxylic acid groups (broad SMARTS) is 1. The Balaban J connectivity index is 2.83. The van der Waals surface area contributed by atoms with Crippen LogP contribution in [0.25, 0.3) is 0 Å². The molecule has 0 saturated carbocycles. The number of hydrogen-bond acceptors (Lipinski definition) is 7. The summed E-state index contributed by atoms with van der Waals surface area (Å²) in [5.74, 6) is -2.07. The van der Waals surface area contributed by atoms with Gasteiger partial charge in [-0.1, -0.05) is 30.3 Å². The molecule has 0 spiro atoms. The highest BCUT2D eigenvalue weighted by Crippen LogP contribution is 2.14. The summed E-state index contributed by atoms with van der Waals surface area (Å²) in [6.07, 6.45) is -2.49. The second kappa shape index (κ2) is 13.7. The van der Waals surface area contributed by atoms with Gasteiger partial charge in [-0.05, 0) is 60.5 Å². The number of carboxylic acids is 1. The summed E-state index contributed by atoms with van der Waals surface area (Å²) < 4.78 is 16.2. The van der Waals surface area contributed by atoms with Crippen LogP contribution in [-0.2, 0) is 30.4 Å². The highest BCUT2D eigenvalue weighted by atomic mass is 16.6. The Morgan fingerprint density at radius 1 is 0.917 bits per heavy atom. The van der Waals surface area contributed by atoms with Gasteiger partial charge in [-0.15, -0.1) is 0 Å². The molecule has 36 heavy (non-hydrogen) atoms. The minimum atomic E-state index is -1.33. The van der Waals surface area contributed by atoms with Crippen LogP contribution in [0.5, 0.6) is 0 Å². The van der Waals surface area contributed by atoms with E-state index in [1.807, 2.05) is 6.07 Å². The van der Waals surface area contributed by atoms with Crippen LogP contribution >= 0.6 is 0 Å². The highest BCUT2D eigenvalue weighted by Gasteiger charge is 2.33. The molecular formula is C25H39N3O8. The van der Waals surface area contributed by atoms with Crippen LogP contribution in [-0.4, -0.2) is 65.1 Å². The second-order valence-corrected chi connectivity index (χ2v) is 10.2. The van der Waals surface area contributed by atoms with Gasteiger partial charge in [-0.3, -0.25) is 4.79 Å². The van der Waals surface area contributed by atoms with Crippen molar-refractivity contribution in [2.45, 2.75) is 90.9 Å². The average Bonchev–Trinajstić information content (AvgIpc) is 2.73. The number of ether oxygens (including phenoxy) is 3. The summed E-state index contributed by atoms with van der Waals surface area (Å²) in [5.41, 5.74) is -0.588. The van der Waals surface area contributed by atoms with Crippen molar-refractivity contribution in [2.75, 3.05) is 6.54 Å². The molecule has 0 heterocycles. The summed E-state index contributed by atoms with van der Waals surface area (Å²) in [4.78, 5) is 49.0. The van der Waals surface area contributed by atoms with Gasteiger partial charge in [0.2, 0.25) is 5.91 Å². The van der Waals surface area contributed by atoms with Gasteiger partial charge >= 0.3 is 18.2 Å². The van der Waals surface area contributed by atoms with Gasteiger partial charge in [-0.25, -0.2) is 14.4 Å². The quantitative estimate of drug-likeness (QED) is 0.355. The van der Waals surface area contributed by atoms with Crippen molar-refractivity contribution in [3.63, 3.8) is 0 Å². The summed E-state index contributed by atoms with van der Waals surface area (Å²) >= 11 is 0. The maximum Gasteiger partial charge on any atom is 0.408 e. The summed E-state index contributed by atoms with van der Waals surface area (Å²) in [6.45, 7) is 12.0. The molecule has 202 valence electrons. The molecule has 0 aliphatic heterocycles. The molecule has 0 saturated heterocycles. The van der Waals surface area contributed by atoms with Crippen molar-refractivity contribution in [2.24, 2.45) is 0 Å². The monoisotopic (exact) mass is 509 g/mol. The number of hydrogen-bond donors (Lipinski definition) is 4. The molecule has 0 aliphatic rings. The van der Waals surface area contributed by atoms with E-state index in [1.165, 1.54) is 0 Å². The van der Waals surface area contributed by atoms with E-state index in [9.17, 15) is 24.3 Å². The zero-order valence-electron chi connectivity index (χ0n) is 22.0. The molecule has 1 unspecified atom stereocenters. The van der Waals surface area contributed by atoms with Crippen molar-refractivity contribution in [1.29, 1.82) is 0 Å². The van der Waals surface area contributed by atoms with Gasteiger partial charge < -0.3 is 35.3 Å². The Bertz CT molecular complexity index is 878. The van der Waals surface area contributed by atoms with Crippen LogP contribution in [0.1, 0.15) is 60.5 Å². The molecule has 0 aromatic heterocycles. The third-order valence-electron chi connectivity index (χ3n) is 4.49. The normalized spacial score (nSPS) is 14.1. The number of nitrogens with one attached hydrogen (secondary N) is 3. The van der Waals surface area contributed by atoms with E-state index >= 15 is 0 Å². The number of benzene rings is 1. The fraction of sp³-hybridized carbons (Fsp3) is 0.600. The van der Waals surface area contributed by atoms with Crippen LogP contribution in [0.3, 0.4) is 0 Å². The predicted molar refractivity (Wildman–Crippen MR) is 132 cm³/mol. The molecule has 0 radical (unpaired) electrons. The highest BCUT2D eigenvalue weighted by molar-refractivity contribution is 5.89. The van der Waals surface area contributed by atoms with Gasteiger partial charge in [-0.2, -0.15) is 0 Å². The molecule has 0 aliphatic carbocycles. The first-order valence-corrected chi connectivity index (χ1v) is 11.7. The lowest BCUT2D eigenvalue weighted by Gasteiger charge is -2.31. The standard InChI is InChI=1S/C25H39N3O8/c1-16(35-24(2,3)4)19(28-23(33)34-15-17-11-9-8-10-12-17)20(29)27-18(21(30)31)13-14-26-22(32)36-25(5,6)7/h8-12,16,18-19H,13-15H2,1-7H3,(H,26,32)(H,27,29)(H,28,33)(H,30,31)/t16-,18-,19?/m0/s1. The van der Waals surface area contributed by atoms with E-state index < -0.39 is 53.5 Å². The van der Waals surface area contributed by atoms with E-state index in [-0.39, 0.29) is 19.6 Å². The predicted octanol–water partition coefficient (Wildman–Crippen LogP) is 2.97. The molecule has 11 nitrogen and oxygen atoms in total. The number of carbonyl (C=O) groups is 4. The fourth-order valence-electron chi connectivity index (χ4n) is 3.07. The van der Waals surface area contributed by atoms with Crippen molar-refractivity contribution < 1.29 is 38.5 Å². The van der Waals surface area contributed by atoms with E-state index in [0.29, 0.717) is 0 Å². The minimum absolute atomic E-state index is 0.0103. The molecule has 0 bridgehead atoms. The lowest BCUT2D eigenvalue weighted by molar-refractivity contribution is -0.144. The van der Waals surface area contributed by atoms with Crippen molar-refractivity contribution in [3.8, 4) is 0 Å². The Hall–Kier alpha value is -3.34. The second-order valence-electron chi connectivity index (χ2n) is 10.2. The van der Waals surface area contributed by atoms with Crippen molar-refractivity contribution >= 4 is 24.1 Å². The Morgan fingerprint density at radius 2 is 1.53 bits per heavy atom. The van der Waals surface area contributed by atoms with Crippen molar-refractivity contribution in [3.05, 3.63) is 35.9 Å². The van der Waals surface area contributed by atoms with Crippen LogP contribution in [0.4, 0.5) is 9.59 Å². The van der Waals surface area contributed by atoms with Gasteiger partial charge in [0.15, 0.2) is 0 Å². The molecule has 11 heteroatoms. The van der Waals surface area contributed by atoms with Crippen LogP contribution < -0.4 is 16.0 Å². The number of rotatable bonds is 11. The smallest absolute Gasteiger partial charge is 0.408 e. The van der Waals surface area contributed by atoms with E-state index in [4.69, 9.17) is 14.2 Å². The summed E-state index contributed by atoms with van der Waals surface area (Å²) in [5, 5.41) is 16.9. The largest absolute Gasteiger partial charge is 0.480 e. The molecule has 1 rings (SSSR count). The third-order valence-corrected chi connectivity index (χ3v) is 4.49. The first-order chi connectivity index (χ1) is 16.6. The van der Waals surface area contributed by atoms with Crippen LogP contribution in [0.2, 0.25) is 0 Å². The Kier molecular flexibility index (Phi) is 11.7. The maximum atomic E-state index is 13.0. The zero-order chi connectivity index (χ0) is 27.5. The molecule has 3 amide bonds. The Morgan fingerprint density at radius 3 is 2.06 bits per heavy atom. The molecule has 0 fully saturated rings. The fourth-order valence-corrected chi connectivity index (χ4v) is 3.07. The van der Waals surface area contributed by atoms with E-state index in [2.05, 4.69) is 16.0 Å². The molecule has 4 N–H and O–H groups in total. The number of carbonyl (C=O) groups excluding carboxylic acids is 3. The van der Waals surface area contributed by atoms with Gasteiger partial charge in [0.1, 0.15) is 24.3 Å². The SMILES string of the molecule is C[C@H](OC(C)(C)C)C(NC(=O)OCc1ccccc1)C(=O)N[C@@H](CCNC(=O)OC(C)(C)C)C(=O)O. The molecule has 1 aromatic rings. The van der Waals surface area contributed by atoms with Gasteiger partial charge in [0.25, 0.3) is 0 Å². The van der Waals surface area contributed by atoms with Crippen LogP contribution in [0, 0.1) is 0 Å². The average molecular weight is 510 g/mol. The zero-order valence-corrected chi connectivity index (χ0v) is 22.0. The minimum Gasteiger partial charge on any atom is -0.480 e. The van der Waals surface area contributed by atoms with Crippen molar-refractivity contribution in [1.82, 2.24) is 16.0 Å². The first-order valence-electron chi connectivity index (χ1n) is 11.7. The summed E-state index contributed by atoms with van der Waals surface area (Å²) in [7, 11) is 0. The third kappa shape index (κ3) is 12.9. The topological polar surface area (TPSA) is 152 Å². The van der Waals surface area contributed by atoms with E-state index in [1.54, 1.807) is 72.7 Å². The van der Waals surface area contributed by atoms with E-state index in [0.717, 1.165) is 5.56 Å². The number of aliphatic carboxylic acids is 1. The lowest BCUT2D eigenvalue weighted by Crippen LogP contribution is -2.57. The first kappa shape index (κ1) is 30.7. The molecule has 1 aromatic carbocycles. The molecule has 3 atom stereocenters. The van der Waals surface area contributed by atoms with Gasteiger partial charge in [0, 0.05) is 6.54 Å². The number of amides is 3. The Labute approximate surface area is 212 Å². The summed E-state index contributed by atoms with van der Waals surface area (Å²) in [6, 6.07) is 6.42. The number of alkyl carbamates (subject to hydrolysis) is 2.